The van der Waals surface area contributed by atoms with Gasteiger partial charge in [-0.1, -0.05) is 47.9 Å². The maximum Gasteiger partial charge on any atom is 0.136 e. The van der Waals surface area contributed by atoms with Gasteiger partial charge in [0.2, 0.25) is 0 Å². The second-order valence-corrected chi connectivity index (χ2v) is 12.6. The van der Waals surface area contributed by atoms with Gasteiger partial charge in [0.05, 0.1) is 102 Å². The van der Waals surface area contributed by atoms with Gasteiger partial charge in [0.1, 0.15) is 49.4 Å². The molecule has 0 fully saturated rings. The predicted octanol–water partition coefficient (Wildman–Crippen LogP) is 2.54. The highest BCUT2D eigenvalue weighted by molar-refractivity contribution is 5.86. The van der Waals surface area contributed by atoms with Crippen molar-refractivity contribution in [3.05, 3.63) is 118 Å². The Kier molecular flexibility index (Phi) is 19.6. The summed E-state index contributed by atoms with van der Waals surface area (Å²) >= 11 is 0. The molecule has 0 radical (unpaired) electrons. The minimum Gasteiger partial charge on any atom is -0.545 e. The average molecular weight is 823 g/mol. The van der Waals surface area contributed by atoms with Gasteiger partial charge in [-0.05, 0) is 59.7 Å². The van der Waals surface area contributed by atoms with Gasteiger partial charge < -0.3 is 67.2 Å². The average Bonchev–Trinajstić information content (AvgIpc) is 3.26. The van der Waals surface area contributed by atoms with E-state index >= 15 is 0 Å². The number of hydrogen-bond donors (Lipinski definition) is 0. The quantitative estimate of drug-likeness (QED) is 0.270. The molecule has 4 bridgehead atoms. The summed E-state index contributed by atoms with van der Waals surface area (Å²) in [6.07, 6.45) is 0. The zero-order valence-corrected chi connectivity index (χ0v) is 33.1. The van der Waals surface area contributed by atoms with Crippen molar-refractivity contribution in [2.45, 2.75) is 0 Å². The van der Waals surface area contributed by atoms with Gasteiger partial charge >= 0.3 is 0 Å². The lowest BCUT2D eigenvalue weighted by atomic mass is 10.1. The Morgan fingerprint density at radius 3 is 0.950 bits per heavy atom. The van der Waals surface area contributed by atoms with Crippen molar-refractivity contribution in [1.82, 2.24) is 0 Å². The molecule has 0 atom stereocenters. The van der Waals surface area contributed by atoms with Gasteiger partial charge in [0.15, 0.2) is 0 Å². The molecule has 0 amide bonds. The number of carbonyl (C=O) groups is 2. The van der Waals surface area contributed by atoms with Crippen LogP contribution in [0.2, 0.25) is 0 Å². The second kappa shape index (κ2) is 26.1. The number of hydrogen-bond acceptors (Lipinski definition) is 14. The third-order valence-electron chi connectivity index (χ3n) is 8.28. The number of carboxylic acids is 2. The first-order chi connectivity index (χ1) is 29.4. The molecule has 4 aliphatic heterocycles. The molecular formula is C46H46O14-2. The van der Waals surface area contributed by atoms with E-state index in [1.165, 1.54) is 24.3 Å². The highest BCUT2D eigenvalue weighted by Gasteiger charge is 2.12. The van der Waals surface area contributed by atoms with Crippen LogP contribution in [0, 0.1) is 23.7 Å². The van der Waals surface area contributed by atoms with Crippen molar-refractivity contribution in [2.75, 3.05) is 106 Å². The number of benzene rings is 4. The molecule has 0 saturated carbocycles. The van der Waals surface area contributed by atoms with Crippen LogP contribution in [0.1, 0.15) is 43.0 Å². The van der Waals surface area contributed by atoms with Crippen molar-refractivity contribution >= 4 is 11.9 Å². The van der Waals surface area contributed by atoms with Crippen LogP contribution in [-0.4, -0.2) is 118 Å². The topological polar surface area (TPSA) is 173 Å². The normalized spacial score (nSPS) is 15.7. The van der Waals surface area contributed by atoms with Crippen molar-refractivity contribution in [3.63, 3.8) is 0 Å². The molecule has 0 N–H and O–H groups in total. The van der Waals surface area contributed by atoms with Crippen LogP contribution in [0.3, 0.4) is 0 Å². The summed E-state index contributed by atoms with van der Waals surface area (Å²) < 4.78 is 57.7. The summed E-state index contributed by atoms with van der Waals surface area (Å²) in [5.41, 5.74) is 2.15. The minimum absolute atomic E-state index is 0.0350. The van der Waals surface area contributed by atoms with Gasteiger partial charge in [-0.15, -0.1) is 0 Å². The molecule has 14 nitrogen and oxygen atoms in total. The molecule has 0 aliphatic carbocycles. The van der Waals surface area contributed by atoms with Crippen LogP contribution >= 0.6 is 0 Å². The highest BCUT2D eigenvalue weighted by atomic mass is 16.6. The molecule has 60 heavy (non-hydrogen) atoms. The molecule has 0 unspecified atom stereocenters. The monoisotopic (exact) mass is 822 g/mol. The zero-order valence-electron chi connectivity index (χ0n) is 33.1. The molecule has 0 spiro atoms. The molecule has 316 valence electrons. The summed E-state index contributed by atoms with van der Waals surface area (Å²) in [6.45, 7) is 5.43. The van der Waals surface area contributed by atoms with Crippen molar-refractivity contribution in [1.29, 1.82) is 0 Å². The third kappa shape index (κ3) is 16.6. The van der Waals surface area contributed by atoms with Crippen LogP contribution < -0.4 is 29.2 Å². The Bertz CT molecular complexity index is 1890. The molecule has 0 aromatic heterocycles. The van der Waals surface area contributed by atoms with E-state index in [4.69, 9.17) is 47.4 Å². The van der Waals surface area contributed by atoms with Gasteiger partial charge in [0, 0.05) is 23.3 Å². The number of carbonyl (C=O) groups excluding carboxylic acids is 2. The predicted molar refractivity (Wildman–Crippen MR) is 213 cm³/mol. The SMILES string of the molecule is O=C([O-])c1ccc(C#Cc2cc3c(C#Cc4ccc(C(=O)[O-])cc4)cc2OCCOCCOCCOCCOc2ccc(cc2)OCCOCCOCCOCCO3)cc1. The molecular weight excluding hydrogens is 776 g/mol. The standard InChI is InChI=1S/C46H48O14/c47-45(48)37-7-1-35(2-8-37)5-11-39-33-44-40(12-6-36-3-9-38(10-4-36)46(49)50)34-43(39)59-31-27-55-23-19-51-17-21-53-25-29-57-41-13-15-42(16-14-41)58-30-26-54-22-18-52-20-24-56-28-32-60-44/h1-4,7-10,13-16,33-34H,17-32H2,(H,47,48)(H,49,50)/p-2. The number of ether oxygens (including phenoxy) is 10. The lowest BCUT2D eigenvalue weighted by Gasteiger charge is -2.14. The van der Waals surface area contributed by atoms with E-state index in [0.717, 1.165) is 0 Å². The third-order valence-corrected chi connectivity index (χ3v) is 8.28. The maximum atomic E-state index is 11.2. The smallest absolute Gasteiger partial charge is 0.136 e. The Morgan fingerprint density at radius 1 is 0.367 bits per heavy atom. The van der Waals surface area contributed by atoms with Crippen molar-refractivity contribution in [2.24, 2.45) is 0 Å². The first-order valence-electron chi connectivity index (χ1n) is 19.4. The van der Waals surface area contributed by atoms with Crippen LogP contribution in [-0.2, 0) is 28.4 Å². The molecule has 4 aromatic rings. The minimum atomic E-state index is -1.28. The van der Waals surface area contributed by atoms with E-state index < -0.39 is 11.9 Å². The molecule has 4 aliphatic rings. The Labute approximate surface area is 349 Å². The van der Waals surface area contributed by atoms with Crippen LogP contribution in [0.5, 0.6) is 23.0 Å². The Hall–Kier alpha value is -6.10. The number of aromatic carboxylic acids is 2. The zero-order chi connectivity index (χ0) is 42.0. The number of carboxylic acid groups (broad SMARTS) is 2. The maximum absolute atomic E-state index is 11.2. The summed E-state index contributed by atoms with van der Waals surface area (Å²) in [4.78, 5) is 22.5. The fraction of sp³-hybridized carbons (Fsp3) is 0.348. The first kappa shape index (κ1) is 45.0. The lowest BCUT2D eigenvalue weighted by Crippen LogP contribution is -2.21. The summed E-state index contributed by atoms with van der Waals surface area (Å²) in [7, 11) is 0. The molecule has 14 heteroatoms. The molecule has 4 heterocycles. The van der Waals surface area contributed by atoms with Gasteiger partial charge in [-0.2, -0.15) is 0 Å². The summed E-state index contributed by atoms with van der Waals surface area (Å²) in [5.74, 6) is 12.0. The van der Waals surface area contributed by atoms with E-state index in [9.17, 15) is 19.8 Å². The summed E-state index contributed by atoms with van der Waals surface area (Å²) in [6, 6.07) is 22.8. The fourth-order valence-electron chi connectivity index (χ4n) is 5.23. The van der Waals surface area contributed by atoms with E-state index in [1.807, 2.05) is 24.3 Å². The lowest BCUT2D eigenvalue weighted by molar-refractivity contribution is -0.256. The molecule has 8 rings (SSSR count). The number of rotatable bonds is 2. The fourth-order valence-corrected chi connectivity index (χ4v) is 5.23. The Balaban J connectivity index is 1.27. The van der Waals surface area contributed by atoms with Gasteiger partial charge in [-0.3, -0.25) is 0 Å². The van der Waals surface area contributed by atoms with Crippen molar-refractivity contribution in [3.8, 4) is 46.7 Å². The highest BCUT2D eigenvalue weighted by Crippen LogP contribution is 2.29. The Morgan fingerprint density at radius 2 is 0.650 bits per heavy atom. The molecule has 0 saturated heterocycles. The van der Waals surface area contributed by atoms with Crippen molar-refractivity contribution < 1.29 is 67.2 Å². The van der Waals surface area contributed by atoms with E-state index in [-0.39, 0.29) is 37.6 Å². The second-order valence-electron chi connectivity index (χ2n) is 12.6. The van der Waals surface area contributed by atoms with Gasteiger partial charge in [0.25, 0.3) is 0 Å². The van der Waals surface area contributed by atoms with Crippen LogP contribution in [0.15, 0.2) is 84.9 Å². The summed E-state index contributed by atoms with van der Waals surface area (Å²) in [5, 5.41) is 22.5. The van der Waals surface area contributed by atoms with E-state index in [0.29, 0.717) is 125 Å². The first-order valence-corrected chi connectivity index (χ1v) is 19.4. The van der Waals surface area contributed by atoms with E-state index in [2.05, 4.69) is 23.7 Å². The molecule has 4 aromatic carbocycles. The van der Waals surface area contributed by atoms with Crippen LogP contribution in [0.4, 0.5) is 0 Å². The van der Waals surface area contributed by atoms with E-state index in [1.54, 1.807) is 36.4 Å². The largest absolute Gasteiger partial charge is 0.545 e. The van der Waals surface area contributed by atoms with Crippen LogP contribution in [0.25, 0.3) is 0 Å². The van der Waals surface area contributed by atoms with Gasteiger partial charge in [-0.25, -0.2) is 0 Å².